The van der Waals surface area contributed by atoms with E-state index in [1.807, 2.05) is 24.5 Å². The van der Waals surface area contributed by atoms with Gasteiger partial charge in [0.15, 0.2) is 12.4 Å². The van der Waals surface area contributed by atoms with Crippen molar-refractivity contribution in [3.63, 3.8) is 0 Å². The van der Waals surface area contributed by atoms with Crippen LogP contribution in [0, 0.1) is 0 Å². The van der Waals surface area contributed by atoms with E-state index < -0.39 is 0 Å². The van der Waals surface area contributed by atoms with Crippen LogP contribution in [0.4, 0.5) is 5.00 Å². The van der Waals surface area contributed by atoms with Crippen molar-refractivity contribution >= 4 is 22.2 Å². The average Bonchev–Trinajstić information content (AvgIpc) is 2.82. The SMILES string of the molecule is Nc1sc2c(c1C(=O)NCc1ccc[nH+]c1)CCCC2. The predicted octanol–water partition coefficient (Wildman–Crippen LogP) is 1.95. The number of aromatic amines is 1. The van der Waals surface area contributed by atoms with Gasteiger partial charge in [-0.3, -0.25) is 4.79 Å². The first-order valence-electron chi connectivity index (χ1n) is 6.89. The summed E-state index contributed by atoms with van der Waals surface area (Å²) in [6.45, 7) is 0.514. The number of carbonyl (C=O) groups excluding carboxylic acids is 1. The molecule has 0 saturated heterocycles. The highest BCUT2D eigenvalue weighted by atomic mass is 32.1. The lowest BCUT2D eigenvalue weighted by atomic mass is 9.95. The van der Waals surface area contributed by atoms with E-state index in [1.165, 1.54) is 16.9 Å². The van der Waals surface area contributed by atoms with E-state index in [1.54, 1.807) is 11.3 Å². The summed E-state index contributed by atoms with van der Waals surface area (Å²) >= 11 is 1.58. The number of anilines is 1. The second-order valence-electron chi connectivity index (χ2n) is 5.04. The highest BCUT2D eigenvalue weighted by Gasteiger charge is 2.23. The number of thiophene rings is 1. The number of H-pyrrole nitrogens is 1. The molecule has 4 nitrogen and oxygen atoms in total. The third-order valence-electron chi connectivity index (χ3n) is 3.65. The molecule has 0 spiro atoms. The summed E-state index contributed by atoms with van der Waals surface area (Å²) in [5.74, 6) is -0.0502. The van der Waals surface area contributed by atoms with Crippen LogP contribution >= 0.6 is 11.3 Å². The van der Waals surface area contributed by atoms with Gasteiger partial charge in [0.05, 0.1) is 10.6 Å². The lowest BCUT2D eigenvalue weighted by molar-refractivity contribution is -0.378. The second kappa shape index (κ2) is 5.63. The molecular weight excluding hydrogens is 270 g/mol. The Bertz CT molecular complexity index is 622. The number of pyridine rings is 1. The zero-order chi connectivity index (χ0) is 13.9. The maximum atomic E-state index is 12.4. The molecule has 1 amide bonds. The van der Waals surface area contributed by atoms with E-state index in [0.717, 1.165) is 24.8 Å². The molecule has 0 aromatic carbocycles. The molecule has 0 aliphatic heterocycles. The second-order valence-corrected chi connectivity index (χ2v) is 6.18. The van der Waals surface area contributed by atoms with Crippen molar-refractivity contribution in [3.8, 4) is 0 Å². The van der Waals surface area contributed by atoms with Crippen molar-refractivity contribution in [3.05, 3.63) is 46.1 Å². The van der Waals surface area contributed by atoms with Gasteiger partial charge in [-0.15, -0.1) is 11.3 Å². The summed E-state index contributed by atoms with van der Waals surface area (Å²) in [5, 5.41) is 3.62. The monoisotopic (exact) mass is 288 g/mol. The molecule has 0 unspecified atom stereocenters. The zero-order valence-electron chi connectivity index (χ0n) is 11.2. The third-order valence-corrected chi connectivity index (χ3v) is 4.77. The number of hydrogen-bond donors (Lipinski definition) is 2. The molecule has 1 aliphatic rings. The number of nitrogens with one attached hydrogen (secondary N) is 2. The molecule has 0 fully saturated rings. The summed E-state index contributed by atoms with van der Waals surface area (Å²) in [7, 11) is 0. The van der Waals surface area contributed by atoms with Crippen molar-refractivity contribution < 1.29 is 9.78 Å². The molecule has 0 saturated carbocycles. The van der Waals surface area contributed by atoms with Crippen LogP contribution < -0.4 is 16.0 Å². The third kappa shape index (κ3) is 2.54. The number of nitrogen functional groups attached to an aromatic ring is 1. The van der Waals surface area contributed by atoms with Crippen LogP contribution in [-0.4, -0.2) is 5.91 Å². The summed E-state index contributed by atoms with van der Waals surface area (Å²) in [6.07, 6.45) is 8.12. The molecule has 0 atom stereocenters. The minimum Gasteiger partial charge on any atom is -0.390 e. The predicted molar refractivity (Wildman–Crippen MR) is 79.5 cm³/mol. The topological polar surface area (TPSA) is 69.3 Å². The molecule has 104 valence electrons. The molecule has 0 bridgehead atoms. The van der Waals surface area contributed by atoms with Crippen LogP contribution in [0.25, 0.3) is 0 Å². The summed E-state index contributed by atoms with van der Waals surface area (Å²) in [5.41, 5.74) is 8.98. The van der Waals surface area contributed by atoms with Gasteiger partial charge < -0.3 is 11.1 Å². The van der Waals surface area contributed by atoms with Crippen molar-refractivity contribution in [1.82, 2.24) is 5.32 Å². The van der Waals surface area contributed by atoms with Crippen molar-refractivity contribution in [2.45, 2.75) is 32.2 Å². The molecule has 2 aromatic rings. The van der Waals surface area contributed by atoms with Crippen LogP contribution in [-0.2, 0) is 19.4 Å². The Morgan fingerprint density at radius 1 is 1.40 bits per heavy atom. The summed E-state index contributed by atoms with van der Waals surface area (Å²) < 4.78 is 0. The quantitative estimate of drug-likeness (QED) is 0.906. The molecule has 5 heteroatoms. The Labute approximate surface area is 122 Å². The first-order chi connectivity index (χ1) is 9.75. The van der Waals surface area contributed by atoms with E-state index in [4.69, 9.17) is 5.73 Å². The van der Waals surface area contributed by atoms with Crippen molar-refractivity contribution in [2.24, 2.45) is 0 Å². The van der Waals surface area contributed by atoms with E-state index in [9.17, 15) is 4.79 Å². The van der Waals surface area contributed by atoms with Crippen LogP contribution in [0.15, 0.2) is 24.5 Å². The van der Waals surface area contributed by atoms with Gasteiger partial charge in [0.25, 0.3) is 5.91 Å². The molecule has 1 aliphatic carbocycles. The molecule has 4 N–H and O–H groups in total. The molecule has 0 radical (unpaired) electrons. The number of fused-ring (bicyclic) bond motifs is 1. The Hall–Kier alpha value is -1.88. The number of amides is 1. The van der Waals surface area contributed by atoms with Crippen molar-refractivity contribution in [1.29, 1.82) is 0 Å². The van der Waals surface area contributed by atoms with E-state index in [0.29, 0.717) is 17.1 Å². The number of aromatic nitrogens is 1. The highest BCUT2D eigenvalue weighted by Crippen LogP contribution is 2.36. The Balaban J connectivity index is 1.76. The van der Waals surface area contributed by atoms with Crippen molar-refractivity contribution in [2.75, 3.05) is 5.73 Å². The smallest absolute Gasteiger partial charge is 0.254 e. The average molecular weight is 288 g/mol. The molecular formula is C15H18N3OS+. The van der Waals surface area contributed by atoms with Gasteiger partial charge >= 0.3 is 0 Å². The standard InChI is InChI=1S/C15H17N3OS/c16-14-13(11-5-1-2-6-12(11)20-14)15(19)18-9-10-4-3-7-17-8-10/h3-4,7-8H,1-2,5-6,9,16H2,(H,18,19)/p+1. The highest BCUT2D eigenvalue weighted by molar-refractivity contribution is 7.16. The van der Waals surface area contributed by atoms with Crippen LogP contribution in [0.5, 0.6) is 0 Å². The number of rotatable bonds is 3. The van der Waals surface area contributed by atoms with Gasteiger partial charge in [0.1, 0.15) is 0 Å². The largest absolute Gasteiger partial charge is 0.390 e. The Kier molecular flexibility index (Phi) is 3.69. The lowest BCUT2D eigenvalue weighted by Crippen LogP contribution is -2.25. The number of nitrogens with two attached hydrogens (primary N) is 1. The maximum Gasteiger partial charge on any atom is 0.254 e. The van der Waals surface area contributed by atoms with Gasteiger partial charge in [0.2, 0.25) is 0 Å². The van der Waals surface area contributed by atoms with Gasteiger partial charge in [0, 0.05) is 23.1 Å². The zero-order valence-corrected chi connectivity index (χ0v) is 12.1. The van der Waals surface area contributed by atoms with E-state index in [-0.39, 0.29) is 5.91 Å². The minimum atomic E-state index is -0.0502. The fourth-order valence-corrected chi connectivity index (χ4v) is 3.80. The number of carbonyl (C=O) groups is 1. The molecule has 20 heavy (non-hydrogen) atoms. The lowest BCUT2D eigenvalue weighted by Gasteiger charge is -2.12. The fourth-order valence-electron chi connectivity index (χ4n) is 2.65. The molecule has 3 rings (SSSR count). The molecule has 2 heterocycles. The molecule has 2 aromatic heterocycles. The normalized spacial score (nSPS) is 13.8. The maximum absolute atomic E-state index is 12.4. The van der Waals surface area contributed by atoms with Crippen LogP contribution in [0.1, 0.15) is 39.2 Å². The first kappa shape index (κ1) is 13.1. The number of hydrogen-bond acceptors (Lipinski definition) is 3. The van der Waals surface area contributed by atoms with Gasteiger partial charge in [-0.05, 0) is 37.3 Å². The first-order valence-corrected chi connectivity index (χ1v) is 7.70. The number of aryl methyl sites for hydroxylation is 1. The van der Waals surface area contributed by atoms with Crippen LogP contribution in [0.2, 0.25) is 0 Å². The Morgan fingerprint density at radius 2 is 2.25 bits per heavy atom. The van der Waals surface area contributed by atoms with Crippen LogP contribution in [0.3, 0.4) is 0 Å². The van der Waals surface area contributed by atoms with E-state index in [2.05, 4.69) is 10.3 Å². The minimum absolute atomic E-state index is 0.0502. The van der Waals surface area contributed by atoms with Gasteiger partial charge in [-0.2, -0.15) is 0 Å². The van der Waals surface area contributed by atoms with E-state index >= 15 is 0 Å². The fraction of sp³-hybridized carbons (Fsp3) is 0.333. The summed E-state index contributed by atoms with van der Waals surface area (Å²) in [4.78, 5) is 16.7. The van der Waals surface area contributed by atoms with Gasteiger partial charge in [-0.1, -0.05) is 0 Å². The summed E-state index contributed by atoms with van der Waals surface area (Å²) in [6, 6.07) is 3.89. The van der Waals surface area contributed by atoms with Gasteiger partial charge in [-0.25, -0.2) is 4.98 Å². The Morgan fingerprint density at radius 3 is 3.05 bits per heavy atom.